The molecule has 1 fully saturated rings. The molecule has 4 nitrogen and oxygen atoms in total. The Hall–Kier alpha value is -3.51. The molecule has 1 heterocycles. The maximum Gasteiger partial charge on any atom is 0.300 e. The SMILES string of the molecule is Cc1cc(/C(O)=C2\C(=O)C(=O)N(c3cccc(F)c3)C2c2ccc(Cl)cc2)ccc1F. The first-order valence-electron chi connectivity index (χ1n) is 9.36. The van der Waals surface area contributed by atoms with Crippen LogP contribution in [0, 0.1) is 18.6 Å². The molecule has 7 heteroatoms. The summed E-state index contributed by atoms with van der Waals surface area (Å²) in [5, 5.41) is 11.4. The summed E-state index contributed by atoms with van der Waals surface area (Å²) in [5.41, 5.74) is 0.939. The van der Waals surface area contributed by atoms with Gasteiger partial charge in [0.15, 0.2) is 0 Å². The fourth-order valence-corrected chi connectivity index (χ4v) is 3.76. The van der Waals surface area contributed by atoms with Crippen molar-refractivity contribution in [2.45, 2.75) is 13.0 Å². The number of benzene rings is 3. The number of hydrogen-bond donors (Lipinski definition) is 1. The van der Waals surface area contributed by atoms with Gasteiger partial charge < -0.3 is 5.11 Å². The zero-order chi connectivity index (χ0) is 22.3. The Morgan fingerprint density at radius 2 is 1.71 bits per heavy atom. The monoisotopic (exact) mass is 439 g/mol. The Kier molecular flexibility index (Phi) is 5.33. The van der Waals surface area contributed by atoms with Crippen molar-refractivity contribution >= 4 is 34.7 Å². The number of aliphatic hydroxyl groups is 1. The van der Waals surface area contributed by atoms with Crippen molar-refractivity contribution in [3.05, 3.63) is 106 Å². The van der Waals surface area contributed by atoms with Gasteiger partial charge in [-0.15, -0.1) is 0 Å². The Morgan fingerprint density at radius 3 is 2.35 bits per heavy atom. The second kappa shape index (κ2) is 7.96. The maximum atomic E-state index is 13.9. The number of aliphatic hydroxyl groups excluding tert-OH is 1. The number of Topliss-reactive ketones (excluding diaryl/α,β-unsaturated/α-hetero) is 1. The van der Waals surface area contributed by atoms with E-state index in [2.05, 4.69) is 0 Å². The van der Waals surface area contributed by atoms with Crippen molar-refractivity contribution in [2.75, 3.05) is 4.90 Å². The van der Waals surface area contributed by atoms with Gasteiger partial charge in [0.2, 0.25) is 0 Å². The molecule has 1 atom stereocenters. The molecular formula is C24H16ClF2NO3. The van der Waals surface area contributed by atoms with Crippen LogP contribution in [-0.2, 0) is 9.59 Å². The lowest BCUT2D eigenvalue weighted by molar-refractivity contribution is -0.132. The molecular weight excluding hydrogens is 424 g/mol. The van der Waals surface area contributed by atoms with E-state index in [9.17, 15) is 23.5 Å². The number of anilines is 1. The molecule has 3 aromatic rings. The van der Waals surface area contributed by atoms with E-state index in [0.717, 1.165) is 11.0 Å². The molecule has 0 bridgehead atoms. The molecule has 31 heavy (non-hydrogen) atoms. The number of nitrogens with zero attached hydrogens (tertiary/aromatic N) is 1. The number of ketones is 1. The van der Waals surface area contributed by atoms with Crippen LogP contribution in [0.3, 0.4) is 0 Å². The highest BCUT2D eigenvalue weighted by atomic mass is 35.5. The van der Waals surface area contributed by atoms with E-state index < -0.39 is 35.1 Å². The van der Waals surface area contributed by atoms with E-state index in [1.807, 2.05) is 0 Å². The normalized spacial score (nSPS) is 17.9. The molecule has 0 aliphatic carbocycles. The summed E-state index contributed by atoms with van der Waals surface area (Å²) in [6, 6.07) is 14.6. The first kappa shape index (κ1) is 20.8. The fourth-order valence-electron chi connectivity index (χ4n) is 3.63. The highest BCUT2D eigenvalue weighted by Gasteiger charge is 2.47. The maximum absolute atomic E-state index is 13.9. The summed E-state index contributed by atoms with van der Waals surface area (Å²) in [4.78, 5) is 27.1. The third-order valence-electron chi connectivity index (χ3n) is 5.15. The molecule has 4 rings (SSSR count). The van der Waals surface area contributed by atoms with Crippen molar-refractivity contribution in [2.24, 2.45) is 0 Å². The van der Waals surface area contributed by atoms with Gasteiger partial charge in [-0.05, 0) is 66.6 Å². The minimum atomic E-state index is -1.02. The second-order valence-corrected chi connectivity index (χ2v) is 7.60. The van der Waals surface area contributed by atoms with Crippen LogP contribution in [0.5, 0.6) is 0 Å². The summed E-state index contributed by atoms with van der Waals surface area (Å²) < 4.78 is 27.6. The Labute approximate surface area is 182 Å². The fraction of sp³-hybridized carbons (Fsp3) is 0.0833. The number of rotatable bonds is 3. The van der Waals surface area contributed by atoms with Gasteiger partial charge in [-0.2, -0.15) is 0 Å². The van der Waals surface area contributed by atoms with E-state index in [1.165, 1.54) is 43.3 Å². The minimum absolute atomic E-state index is 0.163. The lowest BCUT2D eigenvalue weighted by atomic mass is 9.94. The number of carbonyl (C=O) groups is 2. The third-order valence-corrected chi connectivity index (χ3v) is 5.40. The number of amides is 1. The largest absolute Gasteiger partial charge is 0.507 e. The topological polar surface area (TPSA) is 57.6 Å². The summed E-state index contributed by atoms with van der Waals surface area (Å²) >= 11 is 5.98. The summed E-state index contributed by atoms with van der Waals surface area (Å²) in [6.07, 6.45) is 0. The van der Waals surface area contributed by atoms with E-state index in [0.29, 0.717) is 10.6 Å². The molecule has 3 aromatic carbocycles. The van der Waals surface area contributed by atoms with Gasteiger partial charge in [0.1, 0.15) is 17.4 Å². The summed E-state index contributed by atoms with van der Waals surface area (Å²) in [6.45, 7) is 1.52. The number of carbonyl (C=O) groups excluding carboxylic acids is 2. The number of hydrogen-bond acceptors (Lipinski definition) is 3. The van der Waals surface area contributed by atoms with Crippen molar-refractivity contribution < 1.29 is 23.5 Å². The van der Waals surface area contributed by atoms with E-state index in [-0.39, 0.29) is 22.4 Å². The van der Waals surface area contributed by atoms with Gasteiger partial charge in [0, 0.05) is 16.3 Å². The standard InChI is InChI=1S/C24H16ClF2NO3/c1-13-11-15(7-10-19(13)27)22(29)20-21(14-5-8-16(25)9-6-14)28(24(31)23(20)30)18-4-2-3-17(26)12-18/h2-12,21,29H,1H3/b22-20+. The highest BCUT2D eigenvalue weighted by molar-refractivity contribution is 6.51. The minimum Gasteiger partial charge on any atom is -0.507 e. The predicted molar refractivity (Wildman–Crippen MR) is 114 cm³/mol. The van der Waals surface area contributed by atoms with Crippen molar-refractivity contribution in [1.29, 1.82) is 0 Å². The van der Waals surface area contributed by atoms with Gasteiger partial charge >= 0.3 is 0 Å². The van der Waals surface area contributed by atoms with Crippen LogP contribution in [0.25, 0.3) is 5.76 Å². The van der Waals surface area contributed by atoms with Crippen LogP contribution in [-0.4, -0.2) is 16.8 Å². The number of halogens is 3. The van der Waals surface area contributed by atoms with E-state index >= 15 is 0 Å². The Balaban J connectivity index is 1.96. The van der Waals surface area contributed by atoms with Gasteiger partial charge in [-0.25, -0.2) is 8.78 Å². The third kappa shape index (κ3) is 3.70. The Bertz CT molecular complexity index is 1240. The van der Waals surface area contributed by atoms with Crippen LogP contribution >= 0.6 is 11.6 Å². The van der Waals surface area contributed by atoms with Gasteiger partial charge in [0.25, 0.3) is 11.7 Å². The van der Waals surface area contributed by atoms with Gasteiger partial charge in [0.05, 0.1) is 11.6 Å². The van der Waals surface area contributed by atoms with Crippen molar-refractivity contribution in [3.63, 3.8) is 0 Å². The molecule has 0 radical (unpaired) electrons. The molecule has 156 valence electrons. The van der Waals surface area contributed by atoms with Crippen LogP contribution in [0.1, 0.15) is 22.7 Å². The van der Waals surface area contributed by atoms with E-state index in [4.69, 9.17) is 11.6 Å². The molecule has 1 aliphatic heterocycles. The van der Waals surface area contributed by atoms with Crippen LogP contribution in [0.15, 0.2) is 72.3 Å². The van der Waals surface area contributed by atoms with E-state index in [1.54, 1.807) is 24.3 Å². The first-order chi connectivity index (χ1) is 14.8. The summed E-state index contributed by atoms with van der Waals surface area (Å²) in [7, 11) is 0. The highest BCUT2D eigenvalue weighted by Crippen LogP contribution is 2.42. The summed E-state index contributed by atoms with van der Waals surface area (Å²) in [5.74, 6) is -3.33. The lowest BCUT2D eigenvalue weighted by Crippen LogP contribution is -2.29. The van der Waals surface area contributed by atoms with Crippen LogP contribution < -0.4 is 4.90 Å². The predicted octanol–water partition coefficient (Wildman–Crippen LogP) is 5.55. The molecule has 0 spiro atoms. The molecule has 1 N–H and O–H groups in total. The van der Waals surface area contributed by atoms with Crippen molar-refractivity contribution in [1.82, 2.24) is 0 Å². The molecule has 0 aromatic heterocycles. The van der Waals surface area contributed by atoms with Crippen LogP contribution in [0.4, 0.5) is 14.5 Å². The van der Waals surface area contributed by atoms with Gasteiger partial charge in [-0.3, -0.25) is 14.5 Å². The Morgan fingerprint density at radius 1 is 1.00 bits per heavy atom. The van der Waals surface area contributed by atoms with Crippen molar-refractivity contribution in [3.8, 4) is 0 Å². The zero-order valence-electron chi connectivity index (χ0n) is 16.3. The zero-order valence-corrected chi connectivity index (χ0v) is 17.0. The molecule has 0 saturated carbocycles. The van der Waals surface area contributed by atoms with Crippen LogP contribution in [0.2, 0.25) is 5.02 Å². The number of aryl methyl sites for hydroxylation is 1. The smallest absolute Gasteiger partial charge is 0.300 e. The average molecular weight is 440 g/mol. The molecule has 1 unspecified atom stereocenters. The molecule has 1 saturated heterocycles. The molecule has 1 aliphatic rings. The first-order valence-corrected chi connectivity index (χ1v) is 9.74. The van der Waals surface area contributed by atoms with Gasteiger partial charge in [-0.1, -0.05) is 29.8 Å². The molecule has 1 amide bonds. The lowest BCUT2D eigenvalue weighted by Gasteiger charge is -2.25. The quantitative estimate of drug-likeness (QED) is 0.330. The average Bonchev–Trinajstić information content (AvgIpc) is 3.01. The second-order valence-electron chi connectivity index (χ2n) is 7.16.